The van der Waals surface area contributed by atoms with Crippen LogP contribution in [0.1, 0.15) is 35.4 Å². The lowest BCUT2D eigenvalue weighted by Gasteiger charge is -2.08. The number of nitrogens with two attached hydrogens (primary N) is 1. The summed E-state index contributed by atoms with van der Waals surface area (Å²) < 4.78 is 1.87. The van der Waals surface area contributed by atoms with Gasteiger partial charge < -0.3 is 10.3 Å². The molecule has 0 atom stereocenters. The first kappa shape index (κ1) is 9.89. The molecule has 0 unspecified atom stereocenters. The van der Waals surface area contributed by atoms with E-state index in [1.54, 1.807) is 6.20 Å². The highest BCUT2D eigenvalue weighted by Crippen LogP contribution is 2.11. The van der Waals surface area contributed by atoms with Crippen LogP contribution in [0.3, 0.4) is 0 Å². The van der Waals surface area contributed by atoms with Gasteiger partial charge in [0, 0.05) is 19.2 Å². The summed E-state index contributed by atoms with van der Waals surface area (Å²) in [5, 5.41) is 0. The standard InChI is InChI=1S/C10H13N3O2/c11-9(14)7-6-13-5-3-1-2-4-8(13)12-10(7)15/h6H,1-5H2,(H2,11,14). The van der Waals surface area contributed by atoms with Crippen molar-refractivity contribution < 1.29 is 4.79 Å². The second-order valence-corrected chi connectivity index (χ2v) is 3.74. The summed E-state index contributed by atoms with van der Waals surface area (Å²) in [5.74, 6) is 0.0644. The highest BCUT2D eigenvalue weighted by Gasteiger charge is 2.13. The van der Waals surface area contributed by atoms with Gasteiger partial charge in [0.1, 0.15) is 11.4 Å². The van der Waals surface area contributed by atoms with Crippen LogP contribution in [0.5, 0.6) is 0 Å². The Morgan fingerprint density at radius 1 is 1.40 bits per heavy atom. The van der Waals surface area contributed by atoms with Crippen LogP contribution in [0.15, 0.2) is 11.0 Å². The number of amides is 1. The fourth-order valence-corrected chi connectivity index (χ4v) is 1.83. The molecule has 15 heavy (non-hydrogen) atoms. The summed E-state index contributed by atoms with van der Waals surface area (Å²) in [5.41, 5.74) is 4.58. The zero-order valence-electron chi connectivity index (χ0n) is 8.40. The van der Waals surface area contributed by atoms with E-state index in [9.17, 15) is 9.59 Å². The Morgan fingerprint density at radius 3 is 2.93 bits per heavy atom. The summed E-state index contributed by atoms with van der Waals surface area (Å²) in [7, 11) is 0. The number of nitrogens with zero attached hydrogens (tertiary/aromatic N) is 2. The molecule has 0 aliphatic carbocycles. The summed E-state index contributed by atoms with van der Waals surface area (Å²) in [6.07, 6.45) is 5.56. The molecule has 0 fully saturated rings. The van der Waals surface area contributed by atoms with Crippen molar-refractivity contribution in [3.8, 4) is 0 Å². The lowest BCUT2D eigenvalue weighted by atomic mass is 10.2. The first-order valence-corrected chi connectivity index (χ1v) is 5.08. The molecule has 2 N–H and O–H groups in total. The van der Waals surface area contributed by atoms with Crippen LogP contribution in [0, 0.1) is 0 Å². The Hall–Kier alpha value is -1.65. The summed E-state index contributed by atoms with van der Waals surface area (Å²) in [6.45, 7) is 0.808. The van der Waals surface area contributed by atoms with Gasteiger partial charge in [-0.05, 0) is 12.8 Å². The molecule has 5 heteroatoms. The molecule has 0 saturated heterocycles. The van der Waals surface area contributed by atoms with Crippen molar-refractivity contribution in [1.82, 2.24) is 9.55 Å². The fourth-order valence-electron chi connectivity index (χ4n) is 1.83. The van der Waals surface area contributed by atoms with Crippen molar-refractivity contribution in [2.75, 3.05) is 0 Å². The molecule has 1 aliphatic rings. The Kier molecular flexibility index (Phi) is 2.53. The number of aryl methyl sites for hydroxylation is 2. The number of carbonyl (C=O) groups is 1. The minimum absolute atomic E-state index is 0.0133. The van der Waals surface area contributed by atoms with Crippen LogP contribution in [-0.4, -0.2) is 15.5 Å². The molecule has 1 amide bonds. The zero-order chi connectivity index (χ0) is 10.8. The van der Waals surface area contributed by atoms with E-state index in [1.165, 1.54) is 0 Å². The summed E-state index contributed by atoms with van der Waals surface area (Å²) in [4.78, 5) is 26.3. The van der Waals surface area contributed by atoms with Gasteiger partial charge in [0.25, 0.3) is 11.5 Å². The first-order chi connectivity index (χ1) is 7.18. The van der Waals surface area contributed by atoms with Gasteiger partial charge in [0.15, 0.2) is 0 Å². The molecule has 1 aromatic heterocycles. The molecule has 0 saturated carbocycles. The van der Waals surface area contributed by atoms with Gasteiger partial charge >= 0.3 is 0 Å². The van der Waals surface area contributed by atoms with E-state index in [-0.39, 0.29) is 5.56 Å². The van der Waals surface area contributed by atoms with Crippen molar-refractivity contribution in [1.29, 1.82) is 0 Å². The largest absolute Gasteiger partial charge is 0.365 e. The maximum Gasteiger partial charge on any atom is 0.285 e. The molecule has 0 bridgehead atoms. The second-order valence-electron chi connectivity index (χ2n) is 3.74. The van der Waals surface area contributed by atoms with Crippen LogP contribution in [0.25, 0.3) is 0 Å². The molecule has 2 heterocycles. The maximum atomic E-state index is 11.4. The van der Waals surface area contributed by atoms with Crippen molar-refractivity contribution in [3.05, 3.63) is 27.9 Å². The summed E-state index contributed by atoms with van der Waals surface area (Å²) >= 11 is 0. The van der Waals surface area contributed by atoms with Crippen molar-refractivity contribution in [3.63, 3.8) is 0 Å². The molecule has 1 aromatic rings. The number of primary amides is 1. The molecule has 0 spiro atoms. The van der Waals surface area contributed by atoms with Gasteiger partial charge in [-0.2, -0.15) is 4.98 Å². The predicted molar refractivity (Wildman–Crippen MR) is 54.6 cm³/mol. The van der Waals surface area contributed by atoms with E-state index in [0.717, 1.165) is 38.1 Å². The normalized spacial score (nSPS) is 15.5. The third-order valence-electron chi connectivity index (χ3n) is 2.64. The minimum atomic E-state index is -0.702. The fraction of sp³-hybridized carbons (Fsp3) is 0.500. The van der Waals surface area contributed by atoms with Crippen LogP contribution in [0.4, 0.5) is 0 Å². The van der Waals surface area contributed by atoms with Crippen molar-refractivity contribution >= 4 is 5.91 Å². The van der Waals surface area contributed by atoms with E-state index < -0.39 is 11.5 Å². The van der Waals surface area contributed by atoms with E-state index in [1.807, 2.05) is 4.57 Å². The molecule has 0 aromatic carbocycles. The molecular weight excluding hydrogens is 194 g/mol. The highest BCUT2D eigenvalue weighted by atomic mass is 16.2. The van der Waals surface area contributed by atoms with Gasteiger partial charge in [-0.1, -0.05) is 6.42 Å². The average Bonchev–Trinajstić information content (AvgIpc) is 2.40. The molecular formula is C10H13N3O2. The van der Waals surface area contributed by atoms with Crippen molar-refractivity contribution in [2.45, 2.75) is 32.2 Å². The maximum absolute atomic E-state index is 11.4. The number of carbonyl (C=O) groups excluding carboxylic acids is 1. The topological polar surface area (TPSA) is 78.0 Å². The van der Waals surface area contributed by atoms with E-state index in [4.69, 9.17) is 5.73 Å². The zero-order valence-corrected chi connectivity index (χ0v) is 8.40. The lowest BCUT2D eigenvalue weighted by molar-refractivity contribution is 0.0998. The smallest absolute Gasteiger partial charge is 0.285 e. The quantitative estimate of drug-likeness (QED) is 0.707. The van der Waals surface area contributed by atoms with Crippen LogP contribution < -0.4 is 11.3 Å². The average molecular weight is 207 g/mol. The monoisotopic (exact) mass is 207 g/mol. The highest BCUT2D eigenvalue weighted by molar-refractivity contribution is 5.92. The SMILES string of the molecule is NC(=O)c1cn2c(nc1=O)CCCCC2. The predicted octanol–water partition coefficient (Wildman–Crippen LogP) is 0.0686. The van der Waals surface area contributed by atoms with E-state index in [2.05, 4.69) is 4.98 Å². The van der Waals surface area contributed by atoms with Crippen LogP contribution in [-0.2, 0) is 13.0 Å². The third-order valence-corrected chi connectivity index (χ3v) is 2.64. The molecule has 80 valence electrons. The first-order valence-electron chi connectivity index (χ1n) is 5.08. The van der Waals surface area contributed by atoms with E-state index in [0.29, 0.717) is 0 Å². The van der Waals surface area contributed by atoms with Gasteiger partial charge in [0.05, 0.1) is 0 Å². The van der Waals surface area contributed by atoms with Crippen molar-refractivity contribution in [2.24, 2.45) is 5.73 Å². The molecule has 5 nitrogen and oxygen atoms in total. The number of hydrogen-bond donors (Lipinski definition) is 1. The Balaban J connectivity index is 2.52. The Labute approximate surface area is 86.9 Å². The van der Waals surface area contributed by atoms with E-state index >= 15 is 0 Å². The molecule has 1 aliphatic heterocycles. The number of rotatable bonds is 1. The number of fused-ring (bicyclic) bond motifs is 1. The number of aromatic nitrogens is 2. The second kappa shape index (κ2) is 3.84. The number of hydrogen-bond acceptors (Lipinski definition) is 3. The summed E-state index contributed by atoms with van der Waals surface area (Å²) in [6, 6.07) is 0. The van der Waals surface area contributed by atoms with Gasteiger partial charge in [-0.15, -0.1) is 0 Å². The van der Waals surface area contributed by atoms with Gasteiger partial charge in [-0.3, -0.25) is 9.59 Å². The molecule has 0 radical (unpaired) electrons. The van der Waals surface area contributed by atoms with Gasteiger partial charge in [0.2, 0.25) is 0 Å². The van der Waals surface area contributed by atoms with Gasteiger partial charge in [-0.25, -0.2) is 0 Å². The van der Waals surface area contributed by atoms with Crippen LogP contribution in [0.2, 0.25) is 0 Å². The van der Waals surface area contributed by atoms with Crippen LogP contribution >= 0.6 is 0 Å². The minimum Gasteiger partial charge on any atom is -0.365 e. The lowest BCUT2D eigenvalue weighted by Crippen LogP contribution is -2.27. The Morgan fingerprint density at radius 2 is 2.20 bits per heavy atom. The molecule has 2 rings (SSSR count). The third kappa shape index (κ3) is 1.91. The Bertz CT molecular complexity index is 450.